The van der Waals surface area contributed by atoms with Crippen molar-refractivity contribution in [1.82, 2.24) is 0 Å². The predicted molar refractivity (Wildman–Crippen MR) is 70.6 cm³/mol. The van der Waals surface area contributed by atoms with Gasteiger partial charge in [0.15, 0.2) is 5.43 Å². The lowest BCUT2D eigenvalue weighted by Gasteiger charge is -2.00. The van der Waals surface area contributed by atoms with E-state index < -0.39 is 0 Å². The Hall–Kier alpha value is -1.38. The molecule has 78 valence electrons. The van der Waals surface area contributed by atoms with Crippen LogP contribution in [0.4, 0.5) is 0 Å². The fourth-order valence-electron chi connectivity index (χ4n) is 1.77. The molecule has 0 unspecified atom stereocenters. The van der Waals surface area contributed by atoms with Crippen LogP contribution in [0.1, 0.15) is 0 Å². The van der Waals surface area contributed by atoms with E-state index in [0.717, 1.165) is 20.2 Å². The molecule has 0 radical (unpaired) electrons. The molecule has 0 atom stereocenters. The zero-order valence-corrected chi connectivity index (χ0v) is 9.81. The highest BCUT2D eigenvalue weighted by atomic mass is 35.5. The zero-order chi connectivity index (χ0) is 11.1. The highest BCUT2D eigenvalue weighted by molar-refractivity contribution is 7.24. The lowest BCUT2D eigenvalue weighted by Crippen LogP contribution is -2.00. The minimum absolute atomic E-state index is 0.0843. The summed E-state index contributed by atoms with van der Waals surface area (Å²) in [4.78, 5) is 12.2. The minimum atomic E-state index is 0.0843. The van der Waals surface area contributed by atoms with Gasteiger partial charge in [0, 0.05) is 25.2 Å². The van der Waals surface area contributed by atoms with Crippen molar-refractivity contribution in [2.24, 2.45) is 0 Å². The molecule has 3 heteroatoms. The summed E-state index contributed by atoms with van der Waals surface area (Å²) in [5, 5.41) is 2.19. The van der Waals surface area contributed by atoms with Crippen LogP contribution in [0.2, 0.25) is 5.02 Å². The summed E-state index contributed by atoms with van der Waals surface area (Å²) in [6.07, 6.45) is 0. The number of hydrogen-bond acceptors (Lipinski definition) is 2. The second-order valence-corrected chi connectivity index (χ2v) is 5.09. The van der Waals surface area contributed by atoms with Crippen molar-refractivity contribution < 1.29 is 0 Å². The van der Waals surface area contributed by atoms with Crippen molar-refractivity contribution in [3.63, 3.8) is 0 Å². The van der Waals surface area contributed by atoms with Gasteiger partial charge in [0.05, 0.1) is 0 Å². The van der Waals surface area contributed by atoms with E-state index in [4.69, 9.17) is 11.6 Å². The summed E-state index contributed by atoms with van der Waals surface area (Å²) in [5.74, 6) is 0. The third-order valence-corrected chi connectivity index (χ3v) is 3.91. The van der Waals surface area contributed by atoms with Crippen LogP contribution in [0.5, 0.6) is 0 Å². The molecule has 3 rings (SSSR count). The van der Waals surface area contributed by atoms with E-state index in [-0.39, 0.29) is 5.43 Å². The molecule has 0 spiro atoms. The van der Waals surface area contributed by atoms with Gasteiger partial charge in [-0.2, -0.15) is 0 Å². The van der Waals surface area contributed by atoms with E-state index in [2.05, 4.69) is 0 Å². The molecular formula is C13H7ClOS. The van der Waals surface area contributed by atoms with E-state index in [1.165, 1.54) is 0 Å². The first-order valence-electron chi connectivity index (χ1n) is 4.87. The molecule has 1 aromatic heterocycles. The maximum absolute atomic E-state index is 12.2. The maximum atomic E-state index is 12.2. The van der Waals surface area contributed by atoms with Gasteiger partial charge in [-0.15, -0.1) is 11.3 Å². The zero-order valence-electron chi connectivity index (χ0n) is 8.24. The second-order valence-electron chi connectivity index (χ2n) is 3.57. The van der Waals surface area contributed by atoms with Crippen LogP contribution >= 0.6 is 22.9 Å². The first-order valence-corrected chi connectivity index (χ1v) is 6.06. The van der Waals surface area contributed by atoms with Crippen LogP contribution in [0.15, 0.2) is 47.3 Å². The molecule has 1 heterocycles. The average Bonchev–Trinajstić information content (AvgIpc) is 2.29. The van der Waals surface area contributed by atoms with Gasteiger partial charge in [0.1, 0.15) is 0 Å². The van der Waals surface area contributed by atoms with Gasteiger partial charge in [-0.1, -0.05) is 23.7 Å². The van der Waals surface area contributed by atoms with Crippen LogP contribution in [0.25, 0.3) is 20.2 Å². The quantitative estimate of drug-likeness (QED) is 0.547. The third kappa shape index (κ3) is 1.42. The number of hydrogen-bond donors (Lipinski definition) is 0. The lowest BCUT2D eigenvalue weighted by atomic mass is 10.2. The lowest BCUT2D eigenvalue weighted by molar-refractivity contribution is 1.74. The van der Waals surface area contributed by atoms with Crippen LogP contribution in [0, 0.1) is 0 Å². The molecule has 0 bridgehead atoms. The van der Waals surface area contributed by atoms with Gasteiger partial charge in [-0.05, 0) is 30.3 Å². The number of benzene rings is 2. The largest absolute Gasteiger partial charge is 0.289 e. The number of halogens is 1. The molecule has 0 N–H and O–H groups in total. The first kappa shape index (κ1) is 9.82. The summed E-state index contributed by atoms with van der Waals surface area (Å²) in [6, 6.07) is 13.0. The number of rotatable bonds is 0. The number of fused-ring (bicyclic) bond motifs is 2. The summed E-state index contributed by atoms with van der Waals surface area (Å²) in [5.41, 5.74) is 0.0843. The Bertz CT molecular complexity index is 746. The van der Waals surface area contributed by atoms with Gasteiger partial charge >= 0.3 is 0 Å². The standard InChI is InChI=1S/C13H7ClOS/c14-8-5-6-10-12(7-8)16-11-4-2-1-3-9(11)13(10)15/h1-7H. The van der Waals surface area contributed by atoms with Gasteiger partial charge in [-0.25, -0.2) is 0 Å². The van der Waals surface area contributed by atoms with Crippen molar-refractivity contribution in [2.75, 3.05) is 0 Å². The Morgan fingerprint density at radius 2 is 1.69 bits per heavy atom. The normalized spacial score (nSPS) is 11.1. The van der Waals surface area contributed by atoms with E-state index >= 15 is 0 Å². The molecule has 0 aliphatic carbocycles. The SMILES string of the molecule is O=c1c2ccccc2sc2cc(Cl)ccc12. The van der Waals surface area contributed by atoms with Crippen molar-refractivity contribution in [1.29, 1.82) is 0 Å². The predicted octanol–water partition coefficient (Wildman–Crippen LogP) is 4.07. The highest BCUT2D eigenvalue weighted by Crippen LogP contribution is 2.26. The molecule has 0 saturated carbocycles. The van der Waals surface area contributed by atoms with Crippen molar-refractivity contribution in [3.8, 4) is 0 Å². The van der Waals surface area contributed by atoms with Crippen LogP contribution in [-0.4, -0.2) is 0 Å². The van der Waals surface area contributed by atoms with Gasteiger partial charge in [0.2, 0.25) is 0 Å². The van der Waals surface area contributed by atoms with Crippen LogP contribution < -0.4 is 5.43 Å². The molecule has 0 aliphatic rings. The van der Waals surface area contributed by atoms with Crippen molar-refractivity contribution in [2.45, 2.75) is 0 Å². The first-order chi connectivity index (χ1) is 7.75. The molecule has 3 aromatic rings. The van der Waals surface area contributed by atoms with Gasteiger partial charge < -0.3 is 0 Å². The summed E-state index contributed by atoms with van der Waals surface area (Å²) >= 11 is 7.52. The van der Waals surface area contributed by atoms with E-state index in [1.54, 1.807) is 23.5 Å². The Labute approximate surface area is 101 Å². The van der Waals surface area contributed by atoms with E-state index in [9.17, 15) is 4.79 Å². The highest BCUT2D eigenvalue weighted by Gasteiger charge is 2.05. The molecule has 1 nitrogen and oxygen atoms in total. The minimum Gasteiger partial charge on any atom is -0.289 e. The fraction of sp³-hybridized carbons (Fsp3) is 0. The topological polar surface area (TPSA) is 17.1 Å². The van der Waals surface area contributed by atoms with E-state index in [0.29, 0.717) is 5.02 Å². The van der Waals surface area contributed by atoms with E-state index in [1.807, 2.05) is 30.3 Å². The molecular weight excluding hydrogens is 240 g/mol. The van der Waals surface area contributed by atoms with Crippen LogP contribution in [0.3, 0.4) is 0 Å². The fourth-order valence-corrected chi connectivity index (χ4v) is 3.12. The molecule has 2 aromatic carbocycles. The molecule has 0 amide bonds. The van der Waals surface area contributed by atoms with Crippen LogP contribution in [-0.2, 0) is 0 Å². The Kier molecular flexibility index (Phi) is 2.20. The van der Waals surface area contributed by atoms with Gasteiger partial charge in [0.25, 0.3) is 0 Å². The monoisotopic (exact) mass is 246 g/mol. The summed E-state index contributed by atoms with van der Waals surface area (Å²) in [6.45, 7) is 0. The Morgan fingerprint density at radius 1 is 0.938 bits per heavy atom. The summed E-state index contributed by atoms with van der Waals surface area (Å²) in [7, 11) is 0. The van der Waals surface area contributed by atoms with Crippen molar-refractivity contribution in [3.05, 3.63) is 57.7 Å². The maximum Gasteiger partial charge on any atom is 0.195 e. The van der Waals surface area contributed by atoms with Gasteiger partial charge in [-0.3, -0.25) is 4.79 Å². The molecule has 0 aliphatic heterocycles. The molecule has 0 saturated heterocycles. The molecule has 0 fully saturated rings. The molecule has 16 heavy (non-hydrogen) atoms. The average molecular weight is 247 g/mol. The third-order valence-electron chi connectivity index (χ3n) is 2.54. The summed E-state index contributed by atoms with van der Waals surface area (Å²) < 4.78 is 1.94. The smallest absolute Gasteiger partial charge is 0.195 e. The second kappa shape index (κ2) is 3.58. The Balaban J connectivity index is 2.61. The Morgan fingerprint density at radius 3 is 2.56 bits per heavy atom. The van der Waals surface area contributed by atoms with Crippen molar-refractivity contribution >= 4 is 43.1 Å².